The minimum Gasteiger partial charge on any atom is -0.493 e. The fraction of sp³-hybridized carbons (Fsp3) is 0.350. The van der Waals surface area contributed by atoms with Crippen LogP contribution in [-0.4, -0.2) is 32.8 Å². The van der Waals surface area contributed by atoms with Crippen LogP contribution in [0.4, 0.5) is 0 Å². The van der Waals surface area contributed by atoms with E-state index in [4.69, 9.17) is 14.2 Å². The first-order valence-corrected chi connectivity index (χ1v) is 8.35. The summed E-state index contributed by atoms with van der Waals surface area (Å²) in [5.74, 6) is 1.03. The highest BCUT2D eigenvalue weighted by Crippen LogP contribution is 2.27. The quantitative estimate of drug-likeness (QED) is 0.674. The number of carbonyl (C=O) groups excluding carboxylic acids is 1. The SMILES string of the molecule is COc1cc(C)ccc1OCC(=O)NCCCOCc1ccccc1. The van der Waals surface area contributed by atoms with Crippen molar-refractivity contribution in [3.05, 3.63) is 59.7 Å². The van der Waals surface area contributed by atoms with Gasteiger partial charge in [-0.05, 0) is 36.6 Å². The summed E-state index contributed by atoms with van der Waals surface area (Å²) in [6.45, 7) is 3.68. The lowest BCUT2D eigenvalue weighted by Gasteiger charge is -2.11. The maximum absolute atomic E-state index is 11.8. The Hall–Kier alpha value is -2.53. The van der Waals surface area contributed by atoms with Crippen LogP contribution in [0.25, 0.3) is 0 Å². The van der Waals surface area contributed by atoms with Crippen molar-refractivity contribution in [3.63, 3.8) is 0 Å². The van der Waals surface area contributed by atoms with Crippen molar-refractivity contribution in [1.29, 1.82) is 0 Å². The van der Waals surface area contributed by atoms with Crippen molar-refractivity contribution in [2.24, 2.45) is 0 Å². The summed E-state index contributed by atoms with van der Waals surface area (Å²) >= 11 is 0. The van der Waals surface area contributed by atoms with Crippen LogP contribution in [0.5, 0.6) is 11.5 Å². The Balaban J connectivity index is 1.58. The van der Waals surface area contributed by atoms with Crippen LogP contribution < -0.4 is 14.8 Å². The highest BCUT2D eigenvalue weighted by Gasteiger charge is 2.07. The zero-order valence-electron chi connectivity index (χ0n) is 14.8. The van der Waals surface area contributed by atoms with Crippen LogP contribution in [0.1, 0.15) is 17.5 Å². The Morgan fingerprint density at radius 1 is 1.08 bits per heavy atom. The normalized spacial score (nSPS) is 10.3. The molecule has 0 aliphatic carbocycles. The van der Waals surface area contributed by atoms with Gasteiger partial charge in [-0.3, -0.25) is 4.79 Å². The molecular formula is C20H25NO4. The molecule has 1 N–H and O–H groups in total. The number of hydrogen-bond donors (Lipinski definition) is 1. The number of ether oxygens (including phenoxy) is 3. The van der Waals surface area contributed by atoms with Crippen molar-refractivity contribution in [1.82, 2.24) is 5.32 Å². The minimum atomic E-state index is -0.161. The van der Waals surface area contributed by atoms with Gasteiger partial charge in [0, 0.05) is 13.2 Å². The molecule has 0 atom stereocenters. The molecule has 25 heavy (non-hydrogen) atoms. The van der Waals surface area contributed by atoms with E-state index in [1.165, 1.54) is 0 Å². The third kappa shape index (κ3) is 6.85. The van der Waals surface area contributed by atoms with E-state index in [-0.39, 0.29) is 12.5 Å². The van der Waals surface area contributed by atoms with Crippen LogP contribution in [0.2, 0.25) is 0 Å². The van der Waals surface area contributed by atoms with E-state index in [2.05, 4.69) is 5.32 Å². The number of methoxy groups -OCH3 is 1. The Morgan fingerprint density at radius 2 is 1.88 bits per heavy atom. The topological polar surface area (TPSA) is 56.8 Å². The summed E-state index contributed by atoms with van der Waals surface area (Å²) < 4.78 is 16.3. The summed E-state index contributed by atoms with van der Waals surface area (Å²) in [5, 5.41) is 2.82. The van der Waals surface area contributed by atoms with E-state index in [1.54, 1.807) is 13.2 Å². The molecule has 5 nitrogen and oxygen atoms in total. The first kappa shape index (κ1) is 18.8. The summed E-state index contributed by atoms with van der Waals surface area (Å²) in [6.07, 6.45) is 0.756. The molecule has 0 bridgehead atoms. The Kier molecular flexibility index (Phi) is 7.79. The minimum absolute atomic E-state index is 0.0374. The van der Waals surface area contributed by atoms with Crippen LogP contribution in [0.3, 0.4) is 0 Å². The van der Waals surface area contributed by atoms with Crippen molar-refractivity contribution in [3.8, 4) is 11.5 Å². The standard InChI is InChI=1S/C20H25NO4/c1-16-9-10-18(19(13-16)23-2)25-15-20(22)21-11-6-12-24-14-17-7-4-3-5-8-17/h3-5,7-10,13H,6,11-12,14-15H2,1-2H3,(H,21,22). The largest absolute Gasteiger partial charge is 0.493 e. The van der Waals surface area contributed by atoms with Crippen molar-refractivity contribution >= 4 is 5.91 Å². The van der Waals surface area contributed by atoms with Gasteiger partial charge in [-0.2, -0.15) is 0 Å². The molecular weight excluding hydrogens is 318 g/mol. The molecule has 0 aliphatic rings. The summed E-state index contributed by atoms with van der Waals surface area (Å²) in [5.41, 5.74) is 2.22. The molecule has 5 heteroatoms. The number of aryl methyl sites for hydroxylation is 1. The summed E-state index contributed by atoms with van der Waals surface area (Å²) in [6, 6.07) is 15.6. The zero-order valence-corrected chi connectivity index (χ0v) is 14.8. The predicted octanol–water partition coefficient (Wildman–Crippen LogP) is 3.11. The summed E-state index contributed by atoms with van der Waals surface area (Å²) in [4.78, 5) is 11.8. The Labute approximate surface area is 148 Å². The van der Waals surface area contributed by atoms with Crippen LogP contribution in [-0.2, 0) is 16.1 Å². The molecule has 1 amide bonds. The molecule has 0 radical (unpaired) electrons. The lowest BCUT2D eigenvalue weighted by atomic mass is 10.2. The zero-order chi connectivity index (χ0) is 17.9. The van der Waals surface area contributed by atoms with Gasteiger partial charge < -0.3 is 19.5 Å². The van der Waals surface area contributed by atoms with E-state index in [9.17, 15) is 4.79 Å². The molecule has 2 aromatic carbocycles. The second-order valence-corrected chi connectivity index (χ2v) is 5.68. The molecule has 0 spiro atoms. The average Bonchev–Trinajstić information content (AvgIpc) is 2.64. The van der Waals surface area contributed by atoms with E-state index in [0.29, 0.717) is 31.3 Å². The first-order chi connectivity index (χ1) is 12.2. The number of benzene rings is 2. The van der Waals surface area contributed by atoms with Crippen LogP contribution >= 0.6 is 0 Å². The average molecular weight is 343 g/mol. The molecule has 2 rings (SSSR count). The fourth-order valence-electron chi connectivity index (χ4n) is 2.25. The third-order valence-electron chi connectivity index (χ3n) is 3.58. The number of hydrogen-bond acceptors (Lipinski definition) is 4. The first-order valence-electron chi connectivity index (χ1n) is 8.35. The Bertz CT molecular complexity index is 658. The van der Waals surface area contributed by atoms with Crippen molar-refractivity contribution in [2.75, 3.05) is 26.9 Å². The van der Waals surface area contributed by atoms with E-state index < -0.39 is 0 Å². The molecule has 134 valence electrons. The molecule has 0 heterocycles. The van der Waals surface area contributed by atoms with Gasteiger partial charge in [0.05, 0.1) is 13.7 Å². The van der Waals surface area contributed by atoms with Gasteiger partial charge in [-0.15, -0.1) is 0 Å². The molecule has 0 unspecified atom stereocenters. The van der Waals surface area contributed by atoms with Gasteiger partial charge in [-0.1, -0.05) is 36.4 Å². The molecule has 0 aliphatic heterocycles. The molecule has 0 saturated carbocycles. The van der Waals surface area contributed by atoms with Gasteiger partial charge in [0.1, 0.15) is 0 Å². The van der Waals surface area contributed by atoms with Gasteiger partial charge in [0.15, 0.2) is 18.1 Å². The van der Waals surface area contributed by atoms with Crippen LogP contribution in [0.15, 0.2) is 48.5 Å². The lowest BCUT2D eigenvalue weighted by Crippen LogP contribution is -2.30. The van der Waals surface area contributed by atoms with Gasteiger partial charge in [-0.25, -0.2) is 0 Å². The smallest absolute Gasteiger partial charge is 0.257 e. The van der Waals surface area contributed by atoms with Gasteiger partial charge in [0.2, 0.25) is 0 Å². The highest BCUT2D eigenvalue weighted by atomic mass is 16.5. The second kappa shape index (κ2) is 10.4. The third-order valence-corrected chi connectivity index (χ3v) is 3.58. The van der Waals surface area contributed by atoms with Crippen molar-refractivity contribution in [2.45, 2.75) is 20.0 Å². The molecule has 0 aromatic heterocycles. The maximum atomic E-state index is 11.8. The van der Waals surface area contributed by atoms with Crippen LogP contribution in [0, 0.1) is 6.92 Å². The highest BCUT2D eigenvalue weighted by molar-refractivity contribution is 5.77. The van der Waals surface area contributed by atoms with Crippen molar-refractivity contribution < 1.29 is 19.0 Å². The predicted molar refractivity (Wildman–Crippen MR) is 97.0 cm³/mol. The van der Waals surface area contributed by atoms with E-state index in [0.717, 1.165) is 17.5 Å². The second-order valence-electron chi connectivity index (χ2n) is 5.68. The van der Waals surface area contributed by atoms with E-state index in [1.807, 2.05) is 49.4 Å². The Morgan fingerprint density at radius 3 is 2.64 bits per heavy atom. The lowest BCUT2D eigenvalue weighted by molar-refractivity contribution is -0.123. The molecule has 0 fully saturated rings. The maximum Gasteiger partial charge on any atom is 0.257 e. The number of carbonyl (C=O) groups is 1. The molecule has 0 saturated heterocycles. The molecule has 2 aromatic rings. The fourth-order valence-corrected chi connectivity index (χ4v) is 2.25. The van der Waals surface area contributed by atoms with Gasteiger partial charge in [0.25, 0.3) is 5.91 Å². The number of nitrogens with one attached hydrogen (secondary N) is 1. The van der Waals surface area contributed by atoms with E-state index >= 15 is 0 Å². The number of amides is 1. The summed E-state index contributed by atoms with van der Waals surface area (Å²) in [7, 11) is 1.58. The monoisotopic (exact) mass is 343 g/mol. The van der Waals surface area contributed by atoms with Gasteiger partial charge >= 0.3 is 0 Å². The number of rotatable bonds is 10.